The highest BCUT2D eigenvalue weighted by Crippen LogP contribution is 2.32. The van der Waals surface area contributed by atoms with Crippen LogP contribution in [0.15, 0.2) is 213 Å². The second kappa shape index (κ2) is 40.8. The maximum atomic E-state index is 7.79. The second-order valence-electron chi connectivity index (χ2n) is 32.7. The fourth-order valence-electron chi connectivity index (χ4n) is 15.0. The fraction of sp³-hybridized carbons (Fsp3) is 0.312. The lowest BCUT2D eigenvalue weighted by molar-refractivity contribution is -0.667. The average molecular weight is 1600 g/mol. The Morgan fingerprint density at radius 2 is 0.504 bits per heavy atom. The summed E-state index contributed by atoms with van der Waals surface area (Å²) in [6.07, 6.45) is 9.47. The summed E-state index contributed by atoms with van der Waals surface area (Å²) in [6, 6.07) is 60.3. The van der Waals surface area contributed by atoms with Crippen LogP contribution in [0.5, 0.6) is 0 Å². The molecule has 7 aromatic carbocycles. The first kappa shape index (κ1) is 69.5. The van der Waals surface area contributed by atoms with Crippen LogP contribution in [0.25, 0.3) is 78.8 Å². The van der Waals surface area contributed by atoms with E-state index in [1.54, 1.807) is 62.4 Å². The van der Waals surface area contributed by atoms with E-state index in [-0.39, 0.29) is 11.3 Å². The van der Waals surface area contributed by atoms with E-state index in [9.17, 15) is 0 Å². The van der Waals surface area contributed by atoms with E-state index in [0.29, 0.717) is 33.5 Å². The van der Waals surface area contributed by atoms with E-state index in [1.807, 2.05) is 100 Å². The highest BCUT2D eigenvalue weighted by atomic mass is 15.0. The van der Waals surface area contributed by atoms with Crippen molar-refractivity contribution in [1.29, 1.82) is 0 Å². The summed E-state index contributed by atoms with van der Waals surface area (Å²) in [4.78, 5) is 0. The molecule has 0 aliphatic heterocycles. The van der Waals surface area contributed by atoms with Gasteiger partial charge in [0.15, 0.2) is 42.4 Å². The average Bonchev–Trinajstić information content (AvgIpc) is 0.757. The molecule has 0 N–H and O–H groups in total. The SMILES string of the molecule is Cc1cc(-c2c(C)cccc2C)[n+](C)cc1C.Cc1ccc(C)c(-c2cc(C)c(C)c[n+]2C)c1.Cc1cccc(-c2c(C)ccc(C)[n+]2C)c1C.[2H]C([2H])([2H])c1c[n+](C)c(-c2c(C)cccc2C)cc1C.[2H]C([2H])([2H])c1c[n+](C)c(-c2cc(C)ccc2C)cc1C.[2H]C([2H])([2H])c1ccc(-c2cc(C)c(C([2H])([2H])[2H])c[n+]2C)c(C)c1.[2H]C([2H])([2H])c1ccc(C([2H])([2H])[2H])[n+](C)c1-c1cccc(C)c1C. The minimum absolute atomic E-state index is 0.112. The van der Waals surface area contributed by atoms with E-state index in [2.05, 4.69) is 267 Å². The van der Waals surface area contributed by atoms with Crippen molar-refractivity contribution in [3.63, 3.8) is 0 Å². The predicted octanol–water partition coefficient (Wildman–Crippen LogP) is 23.9. The summed E-state index contributed by atoms with van der Waals surface area (Å²) in [5.74, 6) is 0. The maximum absolute atomic E-state index is 7.79. The third-order valence-corrected chi connectivity index (χ3v) is 23.1. The van der Waals surface area contributed by atoms with Crippen molar-refractivity contribution in [2.45, 2.75) is 193 Å². The van der Waals surface area contributed by atoms with Crippen molar-refractivity contribution in [3.05, 3.63) is 369 Å². The van der Waals surface area contributed by atoms with E-state index >= 15 is 0 Å². The molecule has 7 nitrogen and oxygen atoms in total. The van der Waals surface area contributed by atoms with Crippen molar-refractivity contribution in [3.8, 4) is 78.8 Å². The summed E-state index contributed by atoms with van der Waals surface area (Å²) < 4.78 is 151. The molecule has 7 aromatic heterocycles. The van der Waals surface area contributed by atoms with Crippen LogP contribution in [0.1, 0.15) is 181 Å². The van der Waals surface area contributed by atoms with E-state index < -0.39 is 41.1 Å². The fourth-order valence-corrected chi connectivity index (χ4v) is 15.0. The smallest absolute Gasteiger partial charge is 0.201 e. The van der Waals surface area contributed by atoms with Crippen molar-refractivity contribution in [2.75, 3.05) is 0 Å². The molecule has 7 heteroatoms. The summed E-state index contributed by atoms with van der Waals surface area (Å²) >= 11 is 0. The first-order chi connectivity index (χ1) is 63.3. The molecule has 0 bridgehead atoms. The molecule has 616 valence electrons. The highest BCUT2D eigenvalue weighted by Gasteiger charge is 2.24. The zero-order valence-electron chi connectivity index (χ0n) is 94.3. The molecule has 0 fully saturated rings. The molecule has 0 saturated heterocycles. The zero-order chi connectivity index (χ0) is 103. The van der Waals surface area contributed by atoms with E-state index in [4.69, 9.17) is 24.7 Å². The molecule has 14 rings (SSSR count). The first-order valence-corrected chi connectivity index (χ1v) is 40.8. The largest absolute Gasteiger partial charge is 0.215 e. The molecular weight excluding hydrogens is 1440 g/mol. The minimum atomic E-state index is -2.32. The van der Waals surface area contributed by atoms with Crippen LogP contribution in [0.4, 0.5) is 0 Å². The normalized spacial score (nSPS) is 13.5. The van der Waals surface area contributed by atoms with Gasteiger partial charge in [0.05, 0.1) is 11.1 Å². The quantitative estimate of drug-likeness (QED) is 0.142. The van der Waals surface area contributed by atoms with Gasteiger partial charge in [0, 0.05) is 148 Å². The molecule has 0 radical (unpaired) electrons. The number of hydrogen-bond acceptors (Lipinski definition) is 0. The number of aryl methyl sites for hydroxylation is 31. The van der Waals surface area contributed by atoms with Crippen LogP contribution in [-0.2, 0) is 49.3 Å². The molecule has 0 aliphatic rings. The van der Waals surface area contributed by atoms with Crippen LogP contribution in [-0.4, -0.2) is 0 Å². The van der Waals surface area contributed by atoms with E-state index in [1.165, 1.54) is 145 Å². The molecule has 0 spiro atoms. The maximum Gasteiger partial charge on any atom is 0.215 e. The van der Waals surface area contributed by atoms with Gasteiger partial charge >= 0.3 is 0 Å². The molecule has 0 amide bonds. The van der Waals surface area contributed by atoms with Gasteiger partial charge in [-0.25, -0.2) is 22.8 Å². The lowest BCUT2D eigenvalue weighted by Crippen LogP contribution is -2.35. The van der Waals surface area contributed by atoms with Gasteiger partial charge < -0.3 is 0 Å². The minimum Gasteiger partial charge on any atom is -0.201 e. The third-order valence-electron chi connectivity index (χ3n) is 23.1. The predicted molar refractivity (Wildman–Crippen MR) is 504 cm³/mol. The van der Waals surface area contributed by atoms with Gasteiger partial charge in [-0.2, -0.15) is 9.13 Å². The Morgan fingerprint density at radius 1 is 0.193 bits per heavy atom. The van der Waals surface area contributed by atoms with Gasteiger partial charge in [-0.15, -0.1) is 0 Å². The van der Waals surface area contributed by atoms with Crippen molar-refractivity contribution in [1.82, 2.24) is 0 Å². The van der Waals surface area contributed by atoms with Crippen LogP contribution in [0.2, 0.25) is 0 Å². The Bertz CT molecular complexity index is 6740. The van der Waals surface area contributed by atoms with Gasteiger partial charge in [-0.3, -0.25) is 0 Å². The van der Waals surface area contributed by atoms with Crippen molar-refractivity contribution in [2.24, 2.45) is 49.3 Å². The Morgan fingerprint density at radius 3 is 0.891 bits per heavy atom. The van der Waals surface area contributed by atoms with Gasteiger partial charge in [0.1, 0.15) is 49.3 Å². The molecule has 0 saturated carbocycles. The van der Waals surface area contributed by atoms with Crippen LogP contribution < -0.4 is 32.0 Å². The van der Waals surface area contributed by atoms with E-state index in [0.717, 1.165) is 61.6 Å². The Hall–Kier alpha value is -11.4. The van der Waals surface area contributed by atoms with Crippen molar-refractivity contribution >= 4 is 0 Å². The van der Waals surface area contributed by atoms with Crippen LogP contribution in [0, 0.1) is 193 Å². The molecule has 0 aliphatic carbocycles. The monoisotopic (exact) mass is 1600 g/mol. The van der Waals surface area contributed by atoms with Gasteiger partial charge in [-0.05, 0) is 311 Å². The Labute approximate surface area is 743 Å². The number of benzene rings is 7. The van der Waals surface area contributed by atoms with Gasteiger partial charge in [0.2, 0.25) is 39.9 Å². The topological polar surface area (TPSA) is 27.2 Å². The molecule has 7 heterocycles. The molecular formula is C112H140N7+7. The number of rotatable bonds is 7. The highest BCUT2D eigenvalue weighted by molar-refractivity contribution is 5.70. The number of pyridine rings is 7. The third kappa shape index (κ3) is 22.9. The standard InChI is InChI=1S/7C16H20N/c1-11-6-7-15(13(3)8-11)16-9-12(2)14(4)10-17(16)5;2*1-11-6-7-12(2)15(8-11)16-9-13(3)14(4)10-17(16)5;2*1-11-7-6-8-12(2)16(11)15-9-13(3)14(4)10-17(15)5;2*1-11-7-6-8-15(14(11)4)16-12(2)9-10-13(3)17(16)5/h7*6-10H,1-5H3/q7*+1/i1D3,4D3;4D3;;4D3;;2D3,3D3;. The van der Waals surface area contributed by atoms with Crippen LogP contribution >= 0.6 is 0 Å². The number of hydrogen-bond donors (Lipinski definition) is 0. The summed E-state index contributed by atoms with van der Waals surface area (Å²) in [5, 5.41) is 0. The first-order valence-electron chi connectivity index (χ1n) is 49.8. The van der Waals surface area contributed by atoms with Crippen molar-refractivity contribution < 1.29 is 56.6 Å². The molecule has 0 atom stereocenters. The lowest BCUT2D eigenvalue weighted by Gasteiger charge is -2.10. The molecule has 0 unspecified atom stereocenters. The Balaban J connectivity index is 0.000000197. The molecule has 119 heavy (non-hydrogen) atoms. The summed E-state index contributed by atoms with van der Waals surface area (Å²) in [5.41, 5.74) is 42.9. The lowest BCUT2D eigenvalue weighted by atomic mass is 9.97. The zero-order valence-corrected chi connectivity index (χ0v) is 76.3. The van der Waals surface area contributed by atoms with Gasteiger partial charge in [0.25, 0.3) is 0 Å². The summed E-state index contributed by atoms with van der Waals surface area (Å²) in [6.45, 7) is 32.5. The second-order valence-corrected chi connectivity index (χ2v) is 32.7. The number of nitrogens with zero attached hydrogens (tertiary/aromatic N) is 7. The Kier molecular flexibility index (Phi) is 23.9. The number of aromatic nitrogens is 7. The molecule has 14 aromatic rings. The van der Waals surface area contributed by atoms with Gasteiger partial charge in [-0.1, -0.05) is 114 Å². The summed E-state index contributed by atoms with van der Waals surface area (Å²) in [7, 11) is 13.6. The van der Waals surface area contributed by atoms with Crippen LogP contribution in [0.3, 0.4) is 0 Å².